The van der Waals surface area contributed by atoms with E-state index >= 15 is 0 Å². The number of ether oxygens (including phenoxy) is 1. The lowest BCUT2D eigenvalue weighted by Crippen LogP contribution is -2.34. The molecule has 0 heterocycles. The number of Topliss-reactive ketones (excluding diaryl/α,β-unsaturated/α-hetero) is 1. The Hall–Kier alpha value is -0.410. The van der Waals surface area contributed by atoms with Crippen LogP contribution in [-0.4, -0.2) is 31.6 Å². The third kappa shape index (κ3) is 6.72. The highest BCUT2D eigenvalue weighted by Crippen LogP contribution is 1.92. The van der Waals surface area contributed by atoms with Gasteiger partial charge in [0.2, 0.25) is 0 Å². The first kappa shape index (κ1) is 12.6. The zero-order chi connectivity index (χ0) is 10.1. The second kappa shape index (κ2) is 8.20. The van der Waals surface area contributed by atoms with E-state index < -0.39 is 0 Å². The second-order valence-electron chi connectivity index (χ2n) is 3.09. The summed E-state index contributed by atoms with van der Waals surface area (Å²) in [6, 6.07) is -0.0274. The molecule has 0 aliphatic rings. The summed E-state index contributed by atoms with van der Waals surface area (Å²) < 4.78 is 5.11. The smallest absolute Gasteiger partial charge is 0.151 e. The molecule has 1 N–H and O–H groups in total. The molecular weight excluding hydrogens is 166 g/mol. The molecule has 0 spiro atoms. The second-order valence-corrected chi connectivity index (χ2v) is 3.09. The Morgan fingerprint density at radius 1 is 1.46 bits per heavy atom. The molecule has 0 saturated carbocycles. The molecule has 0 radical (unpaired) electrons. The fraction of sp³-hybridized carbons (Fsp3) is 0.900. The first-order valence-corrected chi connectivity index (χ1v) is 5.06. The van der Waals surface area contributed by atoms with Crippen molar-refractivity contribution in [1.29, 1.82) is 0 Å². The predicted octanol–water partition coefficient (Wildman–Crippen LogP) is 1.37. The quantitative estimate of drug-likeness (QED) is 0.583. The average Bonchev–Trinajstić information content (AvgIpc) is 2.14. The standard InChI is InChI=1S/C10H21NO2/c1-4-7-11-9(3)10(12)6-8-13-5-2/h9,11H,4-8H2,1-3H3/t9-/m0/s1. The number of hydrogen-bond donors (Lipinski definition) is 1. The monoisotopic (exact) mass is 187 g/mol. The van der Waals surface area contributed by atoms with E-state index in [0.29, 0.717) is 19.6 Å². The van der Waals surface area contributed by atoms with Crippen LogP contribution in [0.1, 0.15) is 33.6 Å². The SMILES string of the molecule is CCCN[C@@H](C)C(=O)CCOCC. The molecule has 0 aromatic carbocycles. The van der Waals surface area contributed by atoms with E-state index in [0.717, 1.165) is 13.0 Å². The topological polar surface area (TPSA) is 38.3 Å². The maximum Gasteiger partial charge on any atom is 0.151 e. The number of rotatable bonds is 8. The van der Waals surface area contributed by atoms with Crippen LogP contribution in [0.3, 0.4) is 0 Å². The van der Waals surface area contributed by atoms with Crippen molar-refractivity contribution in [2.24, 2.45) is 0 Å². The van der Waals surface area contributed by atoms with Crippen LogP contribution in [0, 0.1) is 0 Å². The van der Waals surface area contributed by atoms with Crippen LogP contribution in [0.5, 0.6) is 0 Å². The van der Waals surface area contributed by atoms with Crippen molar-refractivity contribution in [3.8, 4) is 0 Å². The number of carbonyl (C=O) groups excluding carboxylic acids is 1. The van der Waals surface area contributed by atoms with Crippen molar-refractivity contribution in [3.63, 3.8) is 0 Å². The van der Waals surface area contributed by atoms with Gasteiger partial charge in [-0.05, 0) is 26.8 Å². The van der Waals surface area contributed by atoms with Gasteiger partial charge >= 0.3 is 0 Å². The molecule has 0 saturated heterocycles. The summed E-state index contributed by atoms with van der Waals surface area (Å²) in [6.45, 7) is 8.07. The highest BCUT2D eigenvalue weighted by Gasteiger charge is 2.10. The highest BCUT2D eigenvalue weighted by atomic mass is 16.5. The fourth-order valence-electron chi connectivity index (χ4n) is 1.01. The maximum absolute atomic E-state index is 11.4. The first-order chi connectivity index (χ1) is 6.22. The van der Waals surface area contributed by atoms with Crippen molar-refractivity contribution in [1.82, 2.24) is 5.32 Å². The molecule has 0 bridgehead atoms. The summed E-state index contributed by atoms with van der Waals surface area (Å²) in [4.78, 5) is 11.4. The van der Waals surface area contributed by atoms with Crippen molar-refractivity contribution in [2.75, 3.05) is 19.8 Å². The Morgan fingerprint density at radius 3 is 2.69 bits per heavy atom. The van der Waals surface area contributed by atoms with Crippen LogP contribution in [0.25, 0.3) is 0 Å². The van der Waals surface area contributed by atoms with E-state index in [1.165, 1.54) is 0 Å². The molecule has 1 atom stereocenters. The van der Waals surface area contributed by atoms with Crippen molar-refractivity contribution in [3.05, 3.63) is 0 Å². The third-order valence-electron chi connectivity index (χ3n) is 1.88. The lowest BCUT2D eigenvalue weighted by molar-refractivity contribution is -0.121. The number of carbonyl (C=O) groups is 1. The van der Waals surface area contributed by atoms with Gasteiger partial charge in [0.25, 0.3) is 0 Å². The summed E-state index contributed by atoms with van der Waals surface area (Å²) >= 11 is 0. The molecule has 3 heteroatoms. The van der Waals surface area contributed by atoms with E-state index in [1.807, 2.05) is 13.8 Å². The fourth-order valence-corrected chi connectivity index (χ4v) is 1.01. The van der Waals surface area contributed by atoms with Crippen LogP contribution >= 0.6 is 0 Å². The number of ketones is 1. The van der Waals surface area contributed by atoms with Gasteiger partial charge in [-0.2, -0.15) is 0 Å². The summed E-state index contributed by atoms with van der Waals surface area (Å²) in [5.74, 6) is 0.238. The number of hydrogen-bond acceptors (Lipinski definition) is 3. The molecule has 0 fully saturated rings. The minimum atomic E-state index is -0.0274. The lowest BCUT2D eigenvalue weighted by atomic mass is 10.1. The molecule has 13 heavy (non-hydrogen) atoms. The van der Waals surface area contributed by atoms with Gasteiger partial charge < -0.3 is 10.1 Å². The summed E-state index contributed by atoms with van der Waals surface area (Å²) in [5.41, 5.74) is 0. The van der Waals surface area contributed by atoms with Gasteiger partial charge in [0.1, 0.15) is 0 Å². The zero-order valence-electron chi connectivity index (χ0n) is 8.93. The van der Waals surface area contributed by atoms with Crippen molar-refractivity contribution >= 4 is 5.78 Å². The lowest BCUT2D eigenvalue weighted by Gasteiger charge is -2.11. The summed E-state index contributed by atoms with van der Waals surface area (Å²) in [7, 11) is 0. The predicted molar refractivity (Wildman–Crippen MR) is 53.9 cm³/mol. The molecule has 0 aromatic rings. The molecule has 0 aliphatic heterocycles. The van der Waals surface area contributed by atoms with Gasteiger partial charge in [0.15, 0.2) is 5.78 Å². The Bertz CT molecular complexity index is 137. The molecule has 0 unspecified atom stereocenters. The van der Waals surface area contributed by atoms with Gasteiger partial charge in [-0.3, -0.25) is 4.79 Å². The van der Waals surface area contributed by atoms with Crippen molar-refractivity contribution < 1.29 is 9.53 Å². The molecule has 0 aromatic heterocycles. The third-order valence-corrected chi connectivity index (χ3v) is 1.88. The number of nitrogens with one attached hydrogen (secondary N) is 1. The zero-order valence-corrected chi connectivity index (χ0v) is 8.93. The largest absolute Gasteiger partial charge is 0.381 e. The van der Waals surface area contributed by atoms with Gasteiger partial charge in [0, 0.05) is 13.0 Å². The minimum absolute atomic E-state index is 0.0274. The van der Waals surface area contributed by atoms with Gasteiger partial charge in [-0.1, -0.05) is 6.92 Å². The van der Waals surface area contributed by atoms with Gasteiger partial charge in [0.05, 0.1) is 12.6 Å². The van der Waals surface area contributed by atoms with Crippen LogP contribution in [0.2, 0.25) is 0 Å². The normalized spacial score (nSPS) is 12.8. The maximum atomic E-state index is 11.4. The minimum Gasteiger partial charge on any atom is -0.381 e. The molecule has 0 amide bonds. The summed E-state index contributed by atoms with van der Waals surface area (Å²) in [6.07, 6.45) is 1.58. The van der Waals surface area contributed by atoms with Crippen LogP contribution in [0.15, 0.2) is 0 Å². The summed E-state index contributed by atoms with van der Waals surface area (Å²) in [5, 5.41) is 3.15. The average molecular weight is 187 g/mol. The van der Waals surface area contributed by atoms with E-state index in [-0.39, 0.29) is 11.8 Å². The van der Waals surface area contributed by atoms with E-state index in [4.69, 9.17) is 4.74 Å². The molecule has 0 rings (SSSR count). The molecule has 78 valence electrons. The Morgan fingerprint density at radius 2 is 2.15 bits per heavy atom. The van der Waals surface area contributed by atoms with Gasteiger partial charge in [-0.15, -0.1) is 0 Å². The van der Waals surface area contributed by atoms with Crippen LogP contribution < -0.4 is 5.32 Å². The van der Waals surface area contributed by atoms with E-state index in [9.17, 15) is 4.79 Å². The van der Waals surface area contributed by atoms with Gasteiger partial charge in [-0.25, -0.2) is 0 Å². The molecule has 3 nitrogen and oxygen atoms in total. The Kier molecular flexibility index (Phi) is 7.94. The van der Waals surface area contributed by atoms with Crippen LogP contribution in [-0.2, 0) is 9.53 Å². The van der Waals surface area contributed by atoms with Crippen LogP contribution in [0.4, 0.5) is 0 Å². The first-order valence-electron chi connectivity index (χ1n) is 5.06. The van der Waals surface area contributed by atoms with E-state index in [2.05, 4.69) is 12.2 Å². The molecular formula is C10H21NO2. The van der Waals surface area contributed by atoms with Crippen molar-refractivity contribution in [2.45, 2.75) is 39.7 Å². The van der Waals surface area contributed by atoms with E-state index in [1.54, 1.807) is 0 Å². The molecule has 0 aliphatic carbocycles. The Labute approximate surface area is 80.8 Å². The highest BCUT2D eigenvalue weighted by molar-refractivity contribution is 5.83. The Balaban J connectivity index is 3.45.